The van der Waals surface area contributed by atoms with Gasteiger partial charge in [0.2, 0.25) is 5.91 Å². The molecule has 0 spiro atoms. The summed E-state index contributed by atoms with van der Waals surface area (Å²) in [6.07, 6.45) is 4.83. The van der Waals surface area contributed by atoms with Crippen molar-refractivity contribution in [1.29, 1.82) is 0 Å². The van der Waals surface area contributed by atoms with Crippen molar-refractivity contribution in [2.45, 2.75) is 51.7 Å². The van der Waals surface area contributed by atoms with Gasteiger partial charge in [-0.15, -0.1) is 0 Å². The van der Waals surface area contributed by atoms with Gasteiger partial charge in [0.15, 0.2) is 5.13 Å². The summed E-state index contributed by atoms with van der Waals surface area (Å²) in [7, 11) is 0. The number of nitrogens with one attached hydrogen (secondary N) is 1. The van der Waals surface area contributed by atoms with E-state index in [0.717, 1.165) is 54.9 Å². The molecule has 2 fully saturated rings. The minimum atomic E-state index is -0.0112. The second kappa shape index (κ2) is 8.66. The molecule has 0 radical (unpaired) electrons. The largest absolute Gasteiger partial charge is 0.493 e. The number of hydrogen-bond donors (Lipinski definition) is 1. The van der Waals surface area contributed by atoms with Crippen LogP contribution in [-0.2, 0) is 9.53 Å². The van der Waals surface area contributed by atoms with Crippen molar-refractivity contribution in [1.82, 2.24) is 10.3 Å². The first kappa shape index (κ1) is 19.5. The standard InChI is InChI=1S/C21H29N3O3S/c1-14(22-15(2)25)12-26-17-7-9-24(10-8-17)21-23-19-6-5-18(11-20(19)28-21)27-13-16-3-4-16/h5-6,11,14,16-17H,3-4,7-10,12-13H2,1-2H3,(H,22,25)/t14-/m0/s1. The topological polar surface area (TPSA) is 63.7 Å². The van der Waals surface area contributed by atoms with Gasteiger partial charge in [0, 0.05) is 26.1 Å². The van der Waals surface area contributed by atoms with Crippen LogP contribution in [0.15, 0.2) is 18.2 Å². The van der Waals surface area contributed by atoms with Crippen LogP contribution in [0.4, 0.5) is 5.13 Å². The molecule has 0 unspecified atom stereocenters. The fourth-order valence-electron chi connectivity index (χ4n) is 3.50. The lowest BCUT2D eigenvalue weighted by Gasteiger charge is -2.32. The van der Waals surface area contributed by atoms with Gasteiger partial charge < -0.3 is 19.7 Å². The summed E-state index contributed by atoms with van der Waals surface area (Å²) >= 11 is 1.74. The SMILES string of the molecule is CC(=O)N[C@@H](C)COC1CCN(c2nc3ccc(OCC4CC4)cc3s2)CC1. The molecule has 1 N–H and O–H groups in total. The lowest BCUT2D eigenvalue weighted by molar-refractivity contribution is -0.120. The van der Waals surface area contributed by atoms with Crippen molar-refractivity contribution < 1.29 is 14.3 Å². The Morgan fingerprint density at radius 2 is 2.11 bits per heavy atom. The van der Waals surface area contributed by atoms with E-state index in [-0.39, 0.29) is 18.1 Å². The number of benzene rings is 1. The smallest absolute Gasteiger partial charge is 0.217 e. The number of aromatic nitrogens is 1. The summed E-state index contributed by atoms with van der Waals surface area (Å²) in [5.41, 5.74) is 1.04. The summed E-state index contributed by atoms with van der Waals surface area (Å²) in [6, 6.07) is 6.27. The van der Waals surface area contributed by atoms with Crippen LogP contribution in [0, 0.1) is 5.92 Å². The molecular weight excluding hydrogens is 374 g/mol. The van der Waals surface area contributed by atoms with Gasteiger partial charge in [-0.3, -0.25) is 4.79 Å². The summed E-state index contributed by atoms with van der Waals surface area (Å²) in [5.74, 6) is 1.70. The minimum absolute atomic E-state index is 0.0112. The van der Waals surface area contributed by atoms with Crippen LogP contribution in [0.2, 0.25) is 0 Å². The molecule has 28 heavy (non-hydrogen) atoms. The van der Waals surface area contributed by atoms with Crippen LogP contribution in [0.1, 0.15) is 39.5 Å². The first-order chi connectivity index (χ1) is 13.6. The van der Waals surface area contributed by atoms with Crippen LogP contribution < -0.4 is 15.0 Å². The predicted molar refractivity (Wildman–Crippen MR) is 112 cm³/mol. The number of ether oxygens (including phenoxy) is 2. The Morgan fingerprint density at radius 3 is 2.82 bits per heavy atom. The number of carbonyl (C=O) groups is 1. The second-order valence-corrected chi connectivity index (χ2v) is 9.01. The van der Waals surface area contributed by atoms with Crippen molar-refractivity contribution in [2.24, 2.45) is 5.92 Å². The van der Waals surface area contributed by atoms with E-state index in [9.17, 15) is 4.79 Å². The highest BCUT2D eigenvalue weighted by Gasteiger charge is 2.24. The molecule has 1 aromatic carbocycles. The number of anilines is 1. The normalized spacial score (nSPS) is 19.0. The third-order valence-corrected chi connectivity index (χ3v) is 6.35. The molecular formula is C21H29N3O3S. The molecule has 1 aliphatic heterocycles. The summed E-state index contributed by atoms with van der Waals surface area (Å²) in [6.45, 7) is 6.81. The van der Waals surface area contributed by atoms with Crippen LogP contribution in [0.5, 0.6) is 5.75 Å². The van der Waals surface area contributed by atoms with Crippen molar-refractivity contribution in [2.75, 3.05) is 31.2 Å². The van der Waals surface area contributed by atoms with Crippen LogP contribution in [-0.4, -0.2) is 49.3 Å². The number of rotatable bonds is 8. The second-order valence-electron chi connectivity index (χ2n) is 8.00. The van der Waals surface area contributed by atoms with E-state index in [1.54, 1.807) is 11.3 Å². The summed E-state index contributed by atoms with van der Waals surface area (Å²) in [5, 5.41) is 3.94. The maximum atomic E-state index is 11.1. The molecule has 1 saturated carbocycles. The number of thiazole rings is 1. The van der Waals surface area contributed by atoms with Gasteiger partial charge in [-0.2, -0.15) is 0 Å². The number of nitrogens with zero attached hydrogens (tertiary/aromatic N) is 2. The van der Waals surface area contributed by atoms with E-state index >= 15 is 0 Å². The van der Waals surface area contributed by atoms with Crippen molar-refractivity contribution in [3.8, 4) is 5.75 Å². The highest BCUT2D eigenvalue weighted by atomic mass is 32.1. The van der Waals surface area contributed by atoms with Gasteiger partial charge in [-0.05, 0) is 56.7 Å². The predicted octanol–water partition coefficient (Wildman–Crippen LogP) is 3.60. The van der Waals surface area contributed by atoms with Crippen LogP contribution >= 0.6 is 11.3 Å². The van der Waals surface area contributed by atoms with E-state index < -0.39 is 0 Å². The molecule has 7 heteroatoms. The molecule has 2 heterocycles. The third-order valence-electron chi connectivity index (χ3n) is 5.28. The maximum absolute atomic E-state index is 11.1. The molecule has 1 saturated heterocycles. The number of piperidine rings is 1. The Labute approximate surface area is 170 Å². The van der Waals surface area contributed by atoms with Gasteiger partial charge in [0.1, 0.15) is 5.75 Å². The fraction of sp³-hybridized carbons (Fsp3) is 0.619. The van der Waals surface area contributed by atoms with Gasteiger partial charge in [0.05, 0.1) is 29.5 Å². The minimum Gasteiger partial charge on any atom is -0.493 e. The molecule has 1 amide bonds. The van der Waals surface area contributed by atoms with E-state index in [0.29, 0.717) is 6.61 Å². The summed E-state index contributed by atoms with van der Waals surface area (Å²) < 4.78 is 13.1. The lowest BCUT2D eigenvalue weighted by Crippen LogP contribution is -2.40. The monoisotopic (exact) mass is 403 g/mol. The number of carbonyl (C=O) groups excluding carboxylic acids is 1. The first-order valence-corrected chi connectivity index (χ1v) is 11.1. The van der Waals surface area contributed by atoms with Crippen molar-refractivity contribution in [3.63, 3.8) is 0 Å². The number of hydrogen-bond acceptors (Lipinski definition) is 6. The number of amides is 1. The van der Waals surface area contributed by atoms with Crippen LogP contribution in [0.25, 0.3) is 10.2 Å². The quantitative estimate of drug-likeness (QED) is 0.730. The Balaban J connectivity index is 1.29. The molecule has 4 rings (SSSR count). The van der Waals surface area contributed by atoms with E-state index in [2.05, 4.69) is 22.3 Å². The van der Waals surface area contributed by atoms with Gasteiger partial charge >= 0.3 is 0 Å². The summed E-state index contributed by atoms with van der Waals surface area (Å²) in [4.78, 5) is 18.3. The van der Waals surface area contributed by atoms with Gasteiger partial charge in [0.25, 0.3) is 0 Å². The first-order valence-electron chi connectivity index (χ1n) is 10.2. The zero-order valence-electron chi connectivity index (χ0n) is 16.6. The molecule has 1 atom stereocenters. The number of fused-ring (bicyclic) bond motifs is 1. The zero-order chi connectivity index (χ0) is 19.5. The van der Waals surface area contributed by atoms with Gasteiger partial charge in [-0.1, -0.05) is 11.3 Å². The van der Waals surface area contributed by atoms with E-state index in [1.807, 2.05) is 13.0 Å². The lowest BCUT2D eigenvalue weighted by atomic mass is 10.1. The average molecular weight is 404 g/mol. The average Bonchev–Trinajstić information content (AvgIpc) is 3.41. The van der Waals surface area contributed by atoms with Gasteiger partial charge in [-0.25, -0.2) is 4.98 Å². The highest BCUT2D eigenvalue weighted by molar-refractivity contribution is 7.22. The Bertz CT molecular complexity index is 812. The molecule has 2 aliphatic rings. The molecule has 6 nitrogen and oxygen atoms in total. The molecule has 0 bridgehead atoms. The molecule has 2 aromatic rings. The Kier molecular flexibility index (Phi) is 6.01. The molecule has 152 valence electrons. The Morgan fingerprint density at radius 1 is 1.32 bits per heavy atom. The molecule has 1 aliphatic carbocycles. The fourth-order valence-corrected chi connectivity index (χ4v) is 4.54. The maximum Gasteiger partial charge on any atom is 0.217 e. The van der Waals surface area contributed by atoms with E-state index in [1.165, 1.54) is 24.5 Å². The van der Waals surface area contributed by atoms with Crippen molar-refractivity contribution in [3.05, 3.63) is 18.2 Å². The third kappa shape index (κ3) is 5.14. The highest BCUT2D eigenvalue weighted by Crippen LogP contribution is 2.34. The Hall–Kier alpha value is -1.86. The van der Waals surface area contributed by atoms with Crippen molar-refractivity contribution >= 4 is 32.6 Å². The van der Waals surface area contributed by atoms with Crippen LogP contribution in [0.3, 0.4) is 0 Å². The zero-order valence-corrected chi connectivity index (χ0v) is 17.5. The molecule has 1 aromatic heterocycles. The van der Waals surface area contributed by atoms with E-state index in [4.69, 9.17) is 14.5 Å².